The molecule has 0 radical (unpaired) electrons. The standard InChI is InChI=1S/C24H31FN4O2S2.C2HF3O2/c1-24(2,3)29-12-4-5-18(15-29)28-21-9-7-19(14-20(21)25)33(30,31)27-11-10-17-6-8-22-23(13-17)32-16-26-22;3-2(4,5)1(6)7/h6-9,13-14,16,18,27-28H,4-5,10-12,15H2,1-3H3;(H,6,7). The van der Waals surface area contributed by atoms with Crippen molar-refractivity contribution in [3.63, 3.8) is 0 Å². The zero-order chi connectivity index (χ0) is 29.7. The number of nitrogens with zero attached hydrogens (tertiary/aromatic N) is 2. The topological polar surface area (TPSA) is 112 Å². The maximum atomic E-state index is 14.8. The molecule has 40 heavy (non-hydrogen) atoms. The summed E-state index contributed by atoms with van der Waals surface area (Å²) < 4.78 is 75.6. The molecule has 1 atom stereocenters. The van der Waals surface area contributed by atoms with Gasteiger partial charge in [0.2, 0.25) is 10.0 Å². The van der Waals surface area contributed by atoms with Crippen LogP contribution in [0.15, 0.2) is 46.8 Å². The van der Waals surface area contributed by atoms with Crippen molar-refractivity contribution in [1.82, 2.24) is 14.6 Å². The van der Waals surface area contributed by atoms with E-state index >= 15 is 0 Å². The van der Waals surface area contributed by atoms with Crippen LogP contribution in [0.5, 0.6) is 0 Å². The molecule has 220 valence electrons. The van der Waals surface area contributed by atoms with E-state index in [1.807, 2.05) is 18.2 Å². The predicted molar refractivity (Wildman–Crippen MR) is 147 cm³/mol. The molecule has 1 saturated heterocycles. The highest BCUT2D eigenvalue weighted by Crippen LogP contribution is 2.25. The van der Waals surface area contributed by atoms with Gasteiger partial charge in [-0.25, -0.2) is 27.3 Å². The van der Waals surface area contributed by atoms with E-state index in [1.54, 1.807) is 16.8 Å². The lowest BCUT2D eigenvalue weighted by molar-refractivity contribution is -0.192. The van der Waals surface area contributed by atoms with Crippen LogP contribution in [0.25, 0.3) is 10.2 Å². The molecule has 1 fully saturated rings. The highest BCUT2D eigenvalue weighted by atomic mass is 32.2. The molecule has 3 N–H and O–H groups in total. The number of sulfonamides is 1. The smallest absolute Gasteiger partial charge is 0.475 e. The third-order valence-corrected chi connectivity index (χ3v) is 8.57. The largest absolute Gasteiger partial charge is 0.490 e. The van der Waals surface area contributed by atoms with Crippen molar-refractivity contribution in [3.8, 4) is 0 Å². The number of anilines is 1. The van der Waals surface area contributed by atoms with Crippen LogP contribution >= 0.6 is 11.3 Å². The van der Waals surface area contributed by atoms with E-state index in [0.717, 1.165) is 47.8 Å². The lowest BCUT2D eigenvalue weighted by atomic mass is 9.98. The number of benzene rings is 2. The number of alkyl halides is 3. The molecule has 1 unspecified atom stereocenters. The third kappa shape index (κ3) is 8.85. The molecule has 14 heteroatoms. The van der Waals surface area contributed by atoms with Crippen LogP contribution in [-0.4, -0.2) is 66.8 Å². The molecule has 8 nitrogen and oxygen atoms in total. The number of likely N-dealkylation sites (tertiary alicyclic amines) is 1. The Balaban J connectivity index is 0.000000559. The summed E-state index contributed by atoms with van der Waals surface area (Å²) in [5.74, 6) is -3.31. The highest BCUT2D eigenvalue weighted by molar-refractivity contribution is 7.89. The first-order valence-corrected chi connectivity index (χ1v) is 14.9. The van der Waals surface area contributed by atoms with Crippen molar-refractivity contribution < 1.29 is 35.9 Å². The van der Waals surface area contributed by atoms with Gasteiger partial charge in [-0.15, -0.1) is 11.3 Å². The Morgan fingerprint density at radius 1 is 1.18 bits per heavy atom. The first-order valence-electron chi connectivity index (χ1n) is 12.5. The van der Waals surface area contributed by atoms with Crippen molar-refractivity contribution >= 4 is 43.2 Å². The summed E-state index contributed by atoms with van der Waals surface area (Å²) in [6.07, 6.45) is -2.54. The number of thiazole rings is 1. The van der Waals surface area contributed by atoms with E-state index in [-0.39, 0.29) is 23.0 Å². The fourth-order valence-corrected chi connectivity index (χ4v) is 5.96. The number of aliphatic carboxylic acids is 1. The molecule has 1 aliphatic rings. The Labute approximate surface area is 234 Å². The number of hydrogen-bond donors (Lipinski definition) is 3. The summed E-state index contributed by atoms with van der Waals surface area (Å²) in [4.78, 5) is 15.5. The number of nitrogens with one attached hydrogen (secondary N) is 2. The number of fused-ring (bicyclic) bond motifs is 1. The number of carboxylic acids is 1. The molecule has 0 saturated carbocycles. The minimum Gasteiger partial charge on any atom is -0.475 e. The number of rotatable bonds is 7. The highest BCUT2D eigenvalue weighted by Gasteiger charge is 2.38. The number of piperidine rings is 1. The molecule has 2 aromatic carbocycles. The van der Waals surface area contributed by atoms with Crippen molar-refractivity contribution in [2.24, 2.45) is 0 Å². The number of carbonyl (C=O) groups is 1. The average Bonchev–Trinajstić information content (AvgIpc) is 3.33. The number of hydrogen-bond acceptors (Lipinski definition) is 7. The summed E-state index contributed by atoms with van der Waals surface area (Å²) in [7, 11) is -3.80. The molecule has 0 spiro atoms. The second-order valence-corrected chi connectivity index (χ2v) is 13.0. The Morgan fingerprint density at radius 2 is 1.88 bits per heavy atom. The maximum absolute atomic E-state index is 14.8. The van der Waals surface area contributed by atoms with Gasteiger partial charge < -0.3 is 10.4 Å². The molecule has 0 amide bonds. The van der Waals surface area contributed by atoms with Crippen molar-refractivity contribution in [2.75, 3.05) is 25.0 Å². The van der Waals surface area contributed by atoms with Gasteiger partial charge in [0.05, 0.1) is 26.3 Å². The molecule has 0 aliphatic carbocycles. The molecule has 1 aliphatic heterocycles. The summed E-state index contributed by atoms with van der Waals surface area (Å²) in [6.45, 7) is 8.64. The van der Waals surface area contributed by atoms with Gasteiger partial charge in [0.1, 0.15) is 5.82 Å². The summed E-state index contributed by atoms with van der Waals surface area (Å²) in [6, 6.07) is 10.1. The molecule has 1 aromatic heterocycles. The van der Waals surface area contributed by atoms with E-state index in [0.29, 0.717) is 12.1 Å². The van der Waals surface area contributed by atoms with Gasteiger partial charge >= 0.3 is 12.1 Å². The van der Waals surface area contributed by atoms with Crippen LogP contribution in [0.1, 0.15) is 39.2 Å². The average molecular weight is 605 g/mol. The number of carboxylic acid groups (broad SMARTS) is 1. The normalized spacial score (nSPS) is 16.8. The minimum absolute atomic E-state index is 0.0644. The molecule has 0 bridgehead atoms. The third-order valence-electron chi connectivity index (χ3n) is 6.32. The number of aromatic nitrogens is 1. The number of halogens is 4. The zero-order valence-corrected chi connectivity index (χ0v) is 23.9. The van der Waals surface area contributed by atoms with Gasteiger partial charge in [-0.3, -0.25) is 4.90 Å². The Morgan fingerprint density at radius 3 is 2.50 bits per heavy atom. The van der Waals surface area contributed by atoms with Crippen LogP contribution in [0, 0.1) is 5.82 Å². The zero-order valence-electron chi connectivity index (χ0n) is 22.3. The van der Waals surface area contributed by atoms with Crippen molar-refractivity contribution in [2.45, 2.75) is 62.7 Å². The minimum atomic E-state index is -5.08. The first-order chi connectivity index (χ1) is 18.6. The second-order valence-electron chi connectivity index (χ2n) is 10.3. The monoisotopic (exact) mass is 604 g/mol. The Kier molecular flexibility index (Phi) is 10.1. The van der Waals surface area contributed by atoms with Gasteiger partial charge in [-0.1, -0.05) is 6.07 Å². The molecule has 2 heterocycles. The van der Waals surface area contributed by atoms with Gasteiger partial charge in [-0.05, 0) is 82.5 Å². The molecule has 3 aromatic rings. The van der Waals surface area contributed by atoms with E-state index in [1.165, 1.54) is 12.1 Å². The van der Waals surface area contributed by atoms with Gasteiger partial charge in [-0.2, -0.15) is 13.2 Å². The van der Waals surface area contributed by atoms with Gasteiger partial charge in [0.25, 0.3) is 0 Å². The SMILES string of the molecule is CC(C)(C)N1CCCC(Nc2ccc(S(=O)(=O)NCCc3ccc4ncsc4c3)cc2F)C1.O=C(O)C(F)(F)F. The van der Waals surface area contributed by atoms with Crippen molar-refractivity contribution in [3.05, 3.63) is 53.3 Å². The Hall–Kier alpha value is -2.81. The van der Waals surface area contributed by atoms with Crippen LogP contribution in [-0.2, 0) is 21.2 Å². The van der Waals surface area contributed by atoms with E-state index in [9.17, 15) is 26.0 Å². The lowest BCUT2D eigenvalue weighted by Crippen LogP contribution is -2.50. The molecule has 4 rings (SSSR count). The second kappa shape index (κ2) is 12.8. The lowest BCUT2D eigenvalue weighted by Gasteiger charge is -2.42. The van der Waals surface area contributed by atoms with Crippen LogP contribution in [0.2, 0.25) is 0 Å². The Bertz CT molecular complexity index is 1420. The van der Waals surface area contributed by atoms with Crippen LogP contribution < -0.4 is 10.0 Å². The molecular weight excluding hydrogens is 572 g/mol. The fraction of sp³-hybridized carbons (Fsp3) is 0.462. The predicted octanol–water partition coefficient (Wildman–Crippen LogP) is 5.26. The first kappa shape index (κ1) is 31.7. The molecular formula is C26H32F4N4O4S2. The summed E-state index contributed by atoms with van der Waals surface area (Å²) in [5, 5.41) is 10.4. The quantitative estimate of drug-likeness (QED) is 0.316. The van der Waals surface area contributed by atoms with E-state index < -0.39 is 28.0 Å². The van der Waals surface area contributed by atoms with E-state index in [4.69, 9.17) is 9.90 Å². The van der Waals surface area contributed by atoms with Gasteiger partial charge in [0.15, 0.2) is 0 Å². The summed E-state index contributed by atoms with van der Waals surface area (Å²) >= 11 is 1.55. The van der Waals surface area contributed by atoms with Crippen molar-refractivity contribution in [1.29, 1.82) is 0 Å². The van der Waals surface area contributed by atoms with Crippen LogP contribution in [0.3, 0.4) is 0 Å². The summed E-state index contributed by atoms with van der Waals surface area (Å²) in [5.41, 5.74) is 4.16. The maximum Gasteiger partial charge on any atom is 0.490 e. The fourth-order valence-electron chi connectivity index (χ4n) is 4.17. The van der Waals surface area contributed by atoms with E-state index in [2.05, 4.69) is 40.7 Å². The van der Waals surface area contributed by atoms with Gasteiger partial charge in [0, 0.05) is 24.7 Å². The van der Waals surface area contributed by atoms with Crippen LogP contribution in [0.4, 0.5) is 23.2 Å².